The number of halogens is 1. The van der Waals surface area contributed by atoms with E-state index in [2.05, 4.69) is 20.4 Å². The van der Waals surface area contributed by atoms with Gasteiger partial charge in [-0.15, -0.1) is 5.10 Å². The summed E-state index contributed by atoms with van der Waals surface area (Å²) in [5.74, 6) is 0.00967. The summed E-state index contributed by atoms with van der Waals surface area (Å²) < 4.78 is 8.26. The minimum absolute atomic E-state index is 0.281. The molecular formula is C17H16ClN7O3S. The van der Waals surface area contributed by atoms with E-state index in [1.165, 1.54) is 29.2 Å². The summed E-state index contributed by atoms with van der Waals surface area (Å²) in [7, 11) is 5.23. The van der Waals surface area contributed by atoms with Crippen LogP contribution in [0.3, 0.4) is 0 Å². The van der Waals surface area contributed by atoms with Gasteiger partial charge in [0.1, 0.15) is 23.3 Å². The van der Waals surface area contributed by atoms with Crippen molar-refractivity contribution >= 4 is 55.7 Å². The highest BCUT2D eigenvalue weighted by atomic mass is 35.5. The van der Waals surface area contributed by atoms with Crippen LogP contribution in [0.5, 0.6) is 5.75 Å². The molecule has 0 aliphatic carbocycles. The van der Waals surface area contributed by atoms with Gasteiger partial charge in [0.2, 0.25) is 5.91 Å². The van der Waals surface area contributed by atoms with Gasteiger partial charge in [0.05, 0.1) is 12.8 Å². The molecule has 0 fully saturated rings. The van der Waals surface area contributed by atoms with Gasteiger partial charge in [-0.25, -0.2) is 18.9 Å². The summed E-state index contributed by atoms with van der Waals surface area (Å²) >= 11 is 7.35. The van der Waals surface area contributed by atoms with Crippen LogP contribution < -0.4 is 20.6 Å². The Morgan fingerprint density at radius 2 is 2.17 bits per heavy atom. The number of rotatable bonds is 5. The van der Waals surface area contributed by atoms with Crippen LogP contribution in [-0.4, -0.2) is 51.3 Å². The van der Waals surface area contributed by atoms with E-state index in [4.69, 9.17) is 16.3 Å². The van der Waals surface area contributed by atoms with Crippen LogP contribution in [-0.2, 0) is 11.3 Å². The van der Waals surface area contributed by atoms with E-state index < -0.39 is 11.6 Å². The number of methoxy groups -OCH3 is 1. The molecule has 29 heavy (non-hydrogen) atoms. The second-order valence-corrected chi connectivity index (χ2v) is 7.73. The standard InChI is InChI=1S/C17H16ClN7O3S/c1-23(2)16-21-14-13(29-16)15-22-25(17(27)24(15)8-19-14)7-12(26)20-10-6-9(18)4-5-11(10)28-3/h4-6,8H,7H2,1-3H3,(H,20,26). The number of amides is 1. The molecule has 1 N–H and O–H groups in total. The smallest absolute Gasteiger partial charge is 0.352 e. The van der Waals surface area contributed by atoms with Crippen molar-refractivity contribution in [3.8, 4) is 5.75 Å². The Kier molecular flexibility index (Phi) is 4.84. The van der Waals surface area contributed by atoms with E-state index >= 15 is 0 Å². The molecule has 12 heteroatoms. The molecule has 4 rings (SSSR count). The number of anilines is 2. The minimum atomic E-state index is -0.470. The number of benzene rings is 1. The predicted molar refractivity (Wildman–Crippen MR) is 111 cm³/mol. The molecule has 3 aromatic heterocycles. The minimum Gasteiger partial charge on any atom is -0.495 e. The molecule has 1 aromatic carbocycles. The third-order valence-corrected chi connectivity index (χ3v) is 5.52. The molecule has 0 spiro atoms. The maximum Gasteiger partial charge on any atom is 0.352 e. The van der Waals surface area contributed by atoms with Crippen molar-refractivity contribution in [3.63, 3.8) is 0 Å². The molecule has 150 valence electrons. The summed E-state index contributed by atoms with van der Waals surface area (Å²) in [4.78, 5) is 35.6. The first-order chi connectivity index (χ1) is 13.9. The van der Waals surface area contributed by atoms with Crippen LogP contribution in [0.4, 0.5) is 10.8 Å². The highest BCUT2D eigenvalue weighted by Gasteiger charge is 2.17. The number of nitrogens with zero attached hydrogens (tertiary/aromatic N) is 6. The third-order valence-electron chi connectivity index (χ3n) is 4.08. The zero-order chi connectivity index (χ0) is 20.7. The largest absolute Gasteiger partial charge is 0.495 e. The van der Waals surface area contributed by atoms with Crippen molar-refractivity contribution in [2.45, 2.75) is 6.54 Å². The van der Waals surface area contributed by atoms with Gasteiger partial charge < -0.3 is 15.0 Å². The van der Waals surface area contributed by atoms with Gasteiger partial charge in [-0.2, -0.15) is 4.98 Å². The van der Waals surface area contributed by atoms with E-state index in [9.17, 15) is 9.59 Å². The van der Waals surface area contributed by atoms with Gasteiger partial charge in [0, 0.05) is 19.1 Å². The van der Waals surface area contributed by atoms with E-state index in [0.29, 0.717) is 32.5 Å². The first-order valence-electron chi connectivity index (χ1n) is 8.43. The predicted octanol–water partition coefficient (Wildman–Crippen LogP) is 1.87. The van der Waals surface area contributed by atoms with Crippen LogP contribution >= 0.6 is 22.9 Å². The maximum atomic E-state index is 12.6. The van der Waals surface area contributed by atoms with Crippen molar-refractivity contribution in [2.24, 2.45) is 0 Å². The Bertz CT molecular complexity index is 1290. The Labute approximate surface area is 173 Å². The first kappa shape index (κ1) is 19.2. The lowest BCUT2D eigenvalue weighted by molar-refractivity contribution is -0.117. The average Bonchev–Trinajstić information content (AvgIpc) is 3.24. The zero-order valence-corrected chi connectivity index (χ0v) is 17.3. The number of aromatic nitrogens is 5. The van der Waals surface area contributed by atoms with Crippen molar-refractivity contribution < 1.29 is 9.53 Å². The van der Waals surface area contributed by atoms with Gasteiger partial charge in [0.15, 0.2) is 16.4 Å². The lowest BCUT2D eigenvalue weighted by atomic mass is 10.3. The topological polar surface area (TPSA) is 107 Å². The lowest BCUT2D eigenvalue weighted by Crippen LogP contribution is -2.28. The number of carbonyl (C=O) groups excluding carboxylic acids is 1. The number of hydrogen-bond donors (Lipinski definition) is 1. The molecule has 0 aliphatic rings. The van der Waals surface area contributed by atoms with Gasteiger partial charge >= 0.3 is 5.69 Å². The van der Waals surface area contributed by atoms with Gasteiger partial charge in [0.25, 0.3) is 0 Å². The van der Waals surface area contributed by atoms with Crippen LogP contribution in [0.15, 0.2) is 29.3 Å². The third kappa shape index (κ3) is 3.49. The average molecular weight is 434 g/mol. The van der Waals surface area contributed by atoms with Crippen molar-refractivity contribution in [2.75, 3.05) is 31.4 Å². The molecule has 10 nitrogen and oxygen atoms in total. The van der Waals surface area contributed by atoms with E-state index in [1.807, 2.05) is 19.0 Å². The fraction of sp³-hybridized carbons (Fsp3) is 0.235. The molecule has 0 radical (unpaired) electrons. The molecule has 1 amide bonds. The van der Waals surface area contributed by atoms with Gasteiger partial charge in [-0.3, -0.25) is 4.79 Å². The van der Waals surface area contributed by atoms with Crippen LogP contribution in [0.1, 0.15) is 0 Å². The number of fused-ring (bicyclic) bond motifs is 3. The van der Waals surface area contributed by atoms with Crippen LogP contribution in [0.2, 0.25) is 5.02 Å². The van der Waals surface area contributed by atoms with Gasteiger partial charge in [-0.1, -0.05) is 22.9 Å². The van der Waals surface area contributed by atoms with Crippen LogP contribution in [0, 0.1) is 0 Å². The molecule has 0 unspecified atom stereocenters. The second-order valence-electron chi connectivity index (χ2n) is 6.31. The summed E-state index contributed by atoms with van der Waals surface area (Å²) in [5, 5.41) is 8.19. The summed E-state index contributed by atoms with van der Waals surface area (Å²) in [6, 6.07) is 4.86. The van der Waals surface area contributed by atoms with E-state index in [-0.39, 0.29) is 6.54 Å². The molecular weight excluding hydrogens is 418 g/mol. The number of thiazole rings is 1. The van der Waals surface area contributed by atoms with E-state index in [1.54, 1.807) is 18.2 Å². The second kappa shape index (κ2) is 7.33. The summed E-state index contributed by atoms with van der Waals surface area (Å²) in [6.07, 6.45) is 1.36. The zero-order valence-electron chi connectivity index (χ0n) is 15.7. The fourth-order valence-corrected chi connectivity index (χ4v) is 3.81. The Balaban J connectivity index is 1.67. The molecule has 0 aliphatic heterocycles. The molecule has 3 heterocycles. The summed E-state index contributed by atoms with van der Waals surface area (Å²) in [5.41, 5.74) is 0.835. The highest BCUT2D eigenvalue weighted by molar-refractivity contribution is 7.22. The monoisotopic (exact) mass is 433 g/mol. The SMILES string of the molecule is COc1ccc(Cl)cc1NC(=O)Cn1nc2c3sc(N(C)C)nc3ncn2c1=O. The quantitative estimate of drug-likeness (QED) is 0.512. The molecule has 0 saturated carbocycles. The Hall–Kier alpha value is -3.18. The van der Waals surface area contributed by atoms with Crippen molar-refractivity contribution in [3.05, 3.63) is 40.0 Å². The first-order valence-corrected chi connectivity index (χ1v) is 9.62. The highest BCUT2D eigenvalue weighted by Crippen LogP contribution is 2.29. The number of nitrogens with one attached hydrogen (secondary N) is 1. The maximum absolute atomic E-state index is 12.6. The van der Waals surface area contributed by atoms with Crippen molar-refractivity contribution in [1.82, 2.24) is 24.1 Å². The van der Waals surface area contributed by atoms with Crippen molar-refractivity contribution in [1.29, 1.82) is 0 Å². The Morgan fingerprint density at radius 1 is 1.38 bits per heavy atom. The molecule has 4 aromatic rings. The van der Waals surface area contributed by atoms with E-state index in [0.717, 1.165) is 9.81 Å². The van der Waals surface area contributed by atoms with Crippen LogP contribution in [0.25, 0.3) is 16.0 Å². The molecule has 0 bridgehead atoms. The lowest BCUT2D eigenvalue weighted by Gasteiger charge is -2.10. The number of carbonyl (C=O) groups is 1. The van der Waals surface area contributed by atoms with Gasteiger partial charge in [-0.05, 0) is 18.2 Å². The number of ether oxygens (including phenoxy) is 1. The molecule has 0 atom stereocenters. The summed E-state index contributed by atoms with van der Waals surface area (Å²) in [6.45, 7) is -0.281. The fourth-order valence-electron chi connectivity index (χ4n) is 2.72. The number of hydrogen-bond acceptors (Lipinski definition) is 8. The normalized spacial score (nSPS) is 11.2. The Morgan fingerprint density at radius 3 is 2.90 bits per heavy atom. The molecule has 0 saturated heterocycles.